The maximum Gasteiger partial charge on any atom is 0.253 e. The highest BCUT2D eigenvalue weighted by molar-refractivity contribution is 6.32. The van der Waals surface area contributed by atoms with Crippen LogP contribution < -0.4 is 4.74 Å². The minimum absolute atomic E-state index is 0.00831. The molecule has 2 aliphatic heterocycles. The van der Waals surface area contributed by atoms with E-state index in [9.17, 15) is 9.90 Å². The van der Waals surface area contributed by atoms with Gasteiger partial charge in [0.1, 0.15) is 5.75 Å². The highest BCUT2D eigenvalue weighted by Gasteiger charge is 2.35. The third kappa shape index (κ3) is 4.93. The van der Waals surface area contributed by atoms with Gasteiger partial charge in [0.25, 0.3) is 5.91 Å². The van der Waals surface area contributed by atoms with Gasteiger partial charge in [-0.2, -0.15) is 0 Å². The van der Waals surface area contributed by atoms with Crippen LogP contribution in [0.25, 0.3) is 0 Å². The van der Waals surface area contributed by atoms with Gasteiger partial charge in [-0.05, 0) is 43.4 Å². The predicted molar refractivity (Wildman–Crippen MR) is 105 cm³/mol. The van der Waals surface area contributed by atoms with Gasteiger partial charge in [0, 0.05) is 44.4 Å². The van der Waals surface area contributed by atoms with E-state index in [1.54, 1.807) is 25.3 Å². The van der Waals surface area contributed by atoms with Gasteiger partial charge in [0.2, 0.25) is 0 Å². The number of ether oxygens (including phenoxy) is 2. The molecular formula is C20H29ClN2O4. The van der Waals surface area contributed by atoms with Crippen molar-refractivity contribution in [3.63, 3.8) is 0 Å². The number of benzene rings is 1. The maximum atomic E-state index is 13.0. The molecule has 1 aromatic carbocycles. The van der Waals surface area contributed by atoms with Crippen molar-refractivity contribution in [1.29, 1.82) is 0 Å². The monoisotopic (exact) mass is 396 g/mol. The lowest BCUT2D eigenvalue weighted by molar-refractivity contribution is -0.0196. The van der Waals surface area contributed by atoms with Gasteiger partial charge in [-0.15, -0.1) is 0 Å². The minimum atomic E-state index is 0.00831. The molecule has 7 heteroatoms. The van der Waals surface area contributed by atoms with Crippen molar-refractivity contribution in [3.8, 4) is 5.75 Å². The van der Waals surface area contributed by atoms with E-state index in [4.69, 9.17) is 21.1 Å². The Bertz CT molecular complexity index is 636. The number of aliphatic hydroxyl groups excluding tert-OH is 1. The summed E-state index contributed by atoms with van der Waals surface area (Å²) in [6, 6.07) is 5.63. The van der Waals surface area contributed by atoms with Gasteiger partial charge in [-0.1, -0.05) is 11.6 Å². The predicted octanol–water partition coefficient (Wildman–Crippen LogP) is 2.28. The smallest absolute Gasteiger partial charge is 0.253 e. The first kappa shape index (κ1) is 20.4. The van der Waals surface area contributed by atoms with Crippen molar-refractivity contribution >= 4 is 17.5 Å². The van der Waals surface area contributed by atoms with E-state index >= 15 is 0 Å². The summed E-state index contributed by atoms with van der Waals surface area (Å²) >= 11 is 6.19. The summed E-state index contributed by atoms with van der Waals surface area (Å²) in [5.74, 6) is 0.940. The fraction of sp³-hybridized carbons (Fsp3) is 0.650. The van der Waals surface area contributed by atoms with Gasteiger partial charge >= 0.3 is 0 Å². The van der Waals surface area contributed by atoms with E-state index in [2.05, 4.69) is 4.90 Å². The molecule has 1 aromatic rings. The summed E-state index contributed by atoms with van der Waals surface area (Å²) in [5.41, 5.74) is 0.589. The van der Waals surface area contributed by atoms with Crippen molar-refractivity contribution in [2.75, 3.05) is 53.1 Å². The first-order valence-corrected chi connectivity index (χ1v) is 10.1. The molecule has 0 spiro atoms. The first-order chi connectivity index (χ1) is 13.1. The summed E-state index contributed by atoms with van der Waals surface area (Å²) in [7, 11) is 1.56. The Morgan fingerprint density at radius 2 is 2.11 bits per heavy atom. The average Bonchev–Trinajstić information content (AvgIpc) is 2.72. The molecule has 0 aliphatic carbocycles. The molecule has 6 nitrogen and oxygen atoms in total. The second-order valence-corrected chi connectivity index (χ2v) is 7.64. The zero-order chi connectivity index (χ0) is 19.2. The number of rotatable bonds is 6. The first-order valence-electron chi connectivity index (χ1n) is 9.69. The van der Waals surface area contributed by atoms with Gasteiger partial charge in [0.05, 0.1) is 25.3 Å². The maximum absolute atomic E-state index is 13.0. The molecule has 150 valence electrons. The summed E-state index contributed by atoms with van der Waals surface area (Å²) in [4.78, 5) is 17.4. The van der Waals surface area contributed by atoms with Crippen molar-refractivity contribution < 1.29 is 19.4 Å². The van der Waals surface area contributed by atoms with Gasteiger partial charge in [-0.25, -0.2) is 0 Å². The Morgan fingerprint density at radius 3 is 2.78 bits per heavy atom. The SMILES string of the molecule is COc1ccc(C(=O)N2CCC(N3CCOCC3)C(CCCO)C2)cc1Cl. The largest absolute Gasteiger partial charge is 0.495 e. The quantitative estimate of drug-likeness (QED) is 0.799. The number of likely N-dealkylation sites (tertiary alicyclic amines) is 1. The van der Waals surface area contributed by atoms with Crippen LogP contribution in [0.3, 0.4) is 0 Å². The molecule has 2 aliphatic rings. The van der Waals surface area contributed by atoms with Crippen LogP contribution in [0.1, 0.15) is 29.6 Å². The molecule has 2 fully saturated rings. The topological polar surface area (TPSA) is 62.2 Å². The van der Waals surface area contributed by atoms with Crippen molar-refractivity contribution in [2.45, 2.75) is 25.3 Å². The number of halogens is 1. The van der Waals surface area contributed by atoms with E-state index in [1.165, 1.54) is 0 Å². The van der Waals surface area contributed by atoms with Crippen LogP contribution in [0.4, 0.5) is 0 Å². The number of carbonyl (C=O) groups is 1. The molecule has 0 aromatic heterocycles. The number of methoxy groups -OCH3 is 1. The van der Waals surface area contributed by atoms with E-state index < -0.39 is 0 Å². The fourth-order valence-electron chi connectivity index (χ4n) is 4.21. The van der Waals surface area contributed by atoms with Crippen LogP contribution in [0, 0.1) is 5.92 Å². The summed E-state index contributed by atoms with van der Waals surface area (Å²) < 4.78 is 10.7. The van der Waals surface area contributed by atoms with E-state index in [1.807, 2.05) is 4.90 Å². The third-order valence-corrected chi connectivity index (χ3v) is 5.92. The Hall–Kier alpha value is -1.34. The van der Waals surface area contributed by atoms with Crippen LogP contribution in [-0.2, 0) is 4.74 Å². The van der Waals surface area contributed by atoms with Crippen molar-refractivity contribution in [2.24, 2.45) is 5.92 Å². The average molecular weight is 397 g/mol. The van der Waals surface area contributed by atoms with Crippen LogP contribution in [0.5, 0.6) is 5.75 Å². The van der Waals surface area contributed by atoms with Gasteiger partial charge in [0.15, 0.2) is 0 Å². The fourth-order valence-corrected chi connectivity index (χ4v) is 4.47. The van der Waals surface area contributed by atoms with Crippen molar-refractivity contribution in [1.82, 2.24) is 9.80 Å². The number of hydrogen-bond acceptors (Lipinski definition) is 5. The lowest BCUT2D eigenvalue weighted by Crippen LogP contribution is -2.55. The highest BCUT2D eigenvalue weighted by atomic mass is 35.5. The molecule has 2 unspecified atom stereocenters. The Balaban J connectivity index is 1.70. The molecule has 1 N–H and O–H groups in total. The van der Waals surface area contributed by atoms with Crippen LogP contribution in [-0.4, -0.2) is 80.0 Å². The van der Waals surface area contributed by atoms with E-state index in [0.29, 0.717) is 34.8 Å². The van der Waals surface area contributed by atoms with Crippen LogP contribution >= 0.6 is 11.6 Å². The number of amides is 1. The number of morpholine rings is 1. The zero-order valence-corrected chi connectivity index (χ0v) is 16.7. The van der Waals surface area contributed by atoms with Gasteiger partial charge in [-0.3, -0.25) is 9.69 Å². The Labute approximate surface area is 166 Å². The zero-order valence-electron chi connectivity index (χ0n) is 15.9. The number of hydrogen-bond donors (Lipinski definition) is 1. The van der Waals surface area contributed by atoms with Gasteiger partial charge < -0.3 is 19.5 Å². The molecule has 27 heavy (non-hydrogen) atoms. The summed E-state index contributed by atoms with van der Waals surface area (Å²) in [6.45, 7) is 5.08. The lowest BCUT2D eigenvalue weighted by Gasteiger charge is -2.45. The molecule has 2 saturated heterocycles. The summed E-state index contributed by atoms with van der Waals surface area (Å²) in [5, 5.41) is 9.73. The van der Waals surface area contributed by atoms with E-state index in [-0.39, 0.29) is 12.5 Å². The molecule has 3 rings (SSSR count). The molecule has 0 radical (unpaired) electrons. The van der Waals surface area contributed by atoms with Crippen molar-refractivity contribution in [3.05, 3.63) is 28.8 Å². The second kappa shape index (κ2) is 9.73. The van der Waals surface area contributed by atoms with E-state index in [0.717, 1.165) is 52.1 Å². The number of nitrogens with zero attached hydrogens (tertiary/aromatic N) is 2. The molecule has 1 amide bonds. The second-order valence-electron chi connectivity index (χ2n) is 7.23. The number of piperidine rings is 1. The standard InChI is InChI=1S/C20H29ClN2O4/c1-26-19-5-4-15(13-17(19)21)20(25)23-7-6-18(16(14-23)3-2-10-24)22-8-11-27-12-9-22/h4-5,13,16,18,24H,2-3,6-12,14H2,1H3. The number of aliphatic hydroxyl groups is 1. The minimum Gasteiger partial charge on any atom is -0.495 e. The lowest BCUT2D eigenvalue weighted by atomic mass is 9.86. The normalized spacial score (nSPS) is 24.0. The van der Waals surface area contributed by atoms with Crippen LogP contribution in [0.2, 0.25) is 5.02 Å². The third-order valence-electron chi connectivity index (χ3n) is 5.63. The van der Waals surface area contributed by atoms with Crippen LogP contribution in [0.15, 0.2) is 18.2 Å². The number of carbonyl (C=O) groups excluding carboxylic acids is 1. The molecule has 2 heterocycles. The Morgan fingerprint density at radius 1 is 1.33 bits per heavy atom. The molecule has 0 bridgehead atoms. The Kier molecular flexibility index (Phi) is 7.35. The highest BCUT2D eigenvalue weighted by Crippen LogP contribution is 2.29. The molecule has 2 atom stereocenters. The molecular weight excluding hydrogens is 368 g/mol. The molecule has 0 saturated carbocycles. The summed E-state index contributed by atoms with van der Waals surface area (Å²) in [6.07, 6.45) is 2.64.